The van der Waals surface area contributed by atoms with Gasteiger partial charge in [0.25, 0.3) is 0 Å². The van der Waals surface area contributed by atoms with Crippen molar-refractivity contribution < 1.29 is 14.2 Å². The molecule has 30 heavy (non-hydrogen) atoms. The van der Waals surface area contributed by atoms with Gasteiger partial charge in [0.2, 0.25) is 0 Å². The third-order valence-corrected chi connectivity index (χ3v) is 5.67. The van der Waals surface area contributed by atoms with Crippen LogP contribution in [0.15, 0.2) is 36.4 Å². The summed E-state index contributed by atoms with van der Waals surface area (Å²) >= 11 is 5.62. The van der Waals surface area contributed by atoms with Crippen molar-refractivity contribution in [3.05, 3.63) is 47.5 Å². The number of thiocarbonyl (C=S) groups is 1. The van der Waals surface area contributed by atoms with E-state index >= 15 is 0 Å². The number of piperazine rings is 1. The molecule has 7 heteroatoms. The fourth-order valence-corrected chi connectivity index (χ4v) is 3.85. The molecule has 2 aromatic carbocycles. The molecule has 162 valence electrons. The Kier molecular flexibility index (Phi) is 7.76. The molecule has 3 rings (SSSR count). The maximum atomic E-state index is 5.62. The quantitative estimate of drug-likeness (QED) is 0.669. The first-order valence-corrected chi connectivity index (χ1v) is 10.7. The van der Waals surface area contributed by atoms with Crippen molar-refractivity contribution in [3.8, 4) is 17.2 Å². The third kappa shape index (κ3) is 5.55. The van der Waals surface area contributed by atoms with Crippen LogP contribution >= 0.6 is 12.2 Å². The Bertz CT molecular complexity index is 850. The van der Waals surface area contributed by atoms with Gasteiger partial charge in [-0.1, -0.05) is 0 Å². The second-order valence-corrected chi connectivity index (χ2v) is 7.67. The minimum Gasteiger partial charge on any atom is -0.494 e. The molecule has 0 bridgehead atoms. The van der Waals surface area contributed by atoms with E-state index in [0.717, 1.165) is 60.8 Å². The van der Waals surface area contributed by atoms with Crippen LogP contribution in [0.25, 0.3) is 0 Å². The highest BCUT2D eigenvalue weighted by molar-refractivity contribution is 7.80. The van der Waals surface area contributed by atoms with E-state index in [2.05, 4.69) is 28.1 Å². The number of aryl methyl sites for hydroxylation is 1. The Morgan fingerprint density at radius 3 is 2.23 bits per heavy atom. The van der Waals surface area contributed by atoms with Gasteiger partial charge in [0.05, 0.1) is 20.8 Å². The molecule has 0 unspecified atom stereocenters. The van der Waals surface area contributed by atoms with E-state index in [1.165, 1.54) is 11.1 Å². The maximum absolute atomic E-state index is 5.62. The molecule has 1 fully saturated rings. The van der Waals surface area contributed by atoms with Gasteiger partial charge in [0, 0.05) is 38.4 Å². The zero-order chi connectivity index (χ0) is 21.5. The van der Waals surface area contributed by atoms with Crippen LogP contribution in [-0.2, 0) is 6.54 Å². The summed E-state index contributed by atoms with van der Waals surface area (Å²) in [5.74, 6) is 2.42. The summed E-state index contributed by atoms with van der Waals surface area (Å²) < 4.78 is 16.3. The Balaban J connectivity index is 1.52. The fourth-order valence-electron chi connectivity index (χ4n) is 3.55. The lowest BCUT2D eigenvalue weighted by atomic mass is 10.1. The third-order valence-electron chi connectivity index (χ3n) is 5.31. The number of hydrogen-bond acceptors (Lipinski definition) is 5. The molecule has 0 amide bonds. The van der Waals surface area contributed by atoms with E-state index in [9.17, 15) is 0 Å². The van der Waals surface area contributed by atoms with Crippen LogP contribution in [0.2, 0.25) is 0 Å². The summed E-state index contributed by atoms with van der Waals surface area (Å²) in [6.07, 6.45) is 0. The summed E-state index contributed by atoms with van der Waals surface area (Å²) in [5, 5.41) is 4.10. The first-order valence-electron chi connectivity index (χ1n) is 10.3. The predicted molar refractivity (Wildman–Crippen MR) is 125 cm³/mol. The summed E-state index contributed by atoms with van der Waals surface area (Å²) in [7, 11) is 3.34. The molecule has 0 saturated carbocycles. The van der Waals surface area contributed by atoms with Crippen LogP contribution in [0.4, 0.5) is 5.69 Å². The van der Waals surface area contributed by atoms with E-state index < -0.39 is 0 Å². The molecule has 1 aliphatic rings. The maximum Gasteiger partial charge on any atom is 0.173 e. The Labute approximate surface area is 184 Å². The van der Waals surface area contributed by atoms with Gasteiger partial charge in [-0.2, -0.15) is 0 Å². The van der Waals surface area contributed by atoms with Gasteiger partial charge in [-0.15, -0.1) is 0 Å². The van der Waals surface area contributed by atoms with Crippen molar-refractivity contribution in [2.75, 3.05) is 52.3 Å². The van der Waals surface area contributed by atoms with Gasteiger partial charge in [-0.3, -0.25) is 4.90 Å². The average molecular weight is 430 g/mol. The fraction of sp³-hybridized carbons (Fsp3) is 0.435. The lowest BCUT2D eigenvalue weighted by Crippen LogP contribution is -2.49. The van der Waals surface area contributed by atoms with Crippen LogP contribution in [-0.4, -0.2) is 61.9 Å². The molecule has 1 aliphatic heterocycles. The second kappa shape index (κ2) is 10.5. The summed E-state index contributed by atoms with van der Waals surface area (Å²) in [4.78, 5) is 4.67. The minimum atomic E-state index is 0.665. The van der Waals surface area contributed by atoms with Gasteiger partial charge in [0.1, 0.15) is 5.75 Å². The molecule has 1 N–H and O–H groups in total. The van der Waals surface area contributed by atoms with Crippen molar-refractivity contribution in [1.82, 2.24) is 9.80 Å². The molecular formula is C23H31N3O3S. The summed E-state index contributed by atoms with van der Waals surface area (Å²) in [5.41, 5.74) is 3.45. The standard InChI is InChI=1S/C23H31N3O3S/c1-5-29-20-8-6-19(7-9-20)24-23(30)26-12-10-25(11-13-26)16-18-15-22(28-4)21(27-3)14-17(18)2/h6-9,14-15H,5,10-13,16H2,1-4H3,(H,24,30). The van der Waals surface area contributed by atoms with Crippen LogP contribution in [0.5, 0.6) is 17.2 Å². The highest BCUT2D eigenvalue weighted by Gasteiger charge is 2.20. The Hall–Kier alpha value is -2.51. The molecule has 1 heterocycles. The lowest BCUT2D eigenvalue weighted by Gasteiger charge is -2.36. The first kappa shape index (κ1) is 22.2. The van der Waals surface area contributed by atoms with Crippen molar-refractivity contribution in [3.63, 3.8) is 0 Å². The summed E-state index contributed by atoms with van der Waals surface area (Å²) in [6, 6.07) is 12.0. The van der Waals surface area contributed by atoms with Gasteiger partial charge in [0.15, 0.2) is 16.6 Å². The first-order chi connectivity index (χ1) is 14.5. The molecule has 0 aromatic heterocycles. The Morgan fingerprint density at radius 2 is 1.63 bits per heavy atom. The monoisotopic (exact) mass is 429 g/mol. The SMILES string of the molecule is CCOc1ccc(NC(=S)N2CCN(Cc3cc(OC)c(OC)cc3C)CC2)cc1. The molecule has 0 aliphatic carbocycles. The van der Waals surface area contributed by atoms with Crippen molar-refractivity contribution in [2.45, 2.75) is 20.4 Å². The number of ether oxygens (including phenoxy) is 3. The number of rotatable bonds is 7. The largest absolute Gasteiger partial charge is 0.494 e. The van der Waals surface area contributed by atoms with E-state index in [0.29, 0.717) is 6.61 Å². The minimum absolute atomic E-state index is 0.665. The number of anilines is 1. The molecule has 6 nitrogen and oxygen atoms in total. The van der Waals surface area contributed by atoms with Crippen LogP contribution in [0.1, 0.15) is 18.1 Å². The van der Waals surface area contributed by atoms with Crippen molar-refractivity contribution in [1.29, 1.82) is 0 Å². The highest BCUT2D eigenvalue weighted by Crippen LogP contribution is 2.31. The van der Waals surface area contributed by atoms with Crippen LogP contribution in [0, 0.1) is 6.92 Å². The zero-order valence-electron chi connectivity index (χ0n) is 18.2. The molecule has 2 aromatic rings. The smallest absolute Gasteiger partial charge is 0.173 e. The molecule has 1 saturated heterocycles. The molecular weight excluding hydrogens is 398 g/mol. The number of nitrogens with zero attached hydrogens (tertiary/aromatic N) is 2. The average Bonchev–Trinajstić information content (AvgIpc) is 2.76. The number of methoxy groups -OCH3 is 2. The number of hydrogen-bond donors (Lipinski definition) is 1. The van der Waals surface area contributed by atoms with Crippen LogP contribution < -0.4 is 19.5 Å². The van der Waals surface area contributed by atoms with Gasteiger partial charge in [-0.25, -0.2) is 0 Å². The van der Waals surface area contributed by atoms with E-state index in [4.69, 9.17) is 26.4 Å². The van der Waals surface area contributed by atoms with Gasteiger partial charge < -0.3 is 24.4 Å². The second-order valence-electron chi connectivity index (χ2n) is 7.28. The van der Waals surface area contributed by atoms with Crippen LogP contribution in [0.3, 0.4) is 0 Å². The molecule has 0 radical (unpaired) electrons. The topological polar surface area (TPSA) is 46.2 Å². The zero-order valence-corrected chi connectivity index (χ0v) is 19.1. The normalized spacial score (nSPS) is 14.3. The molecule has 0 atom stereocenters. The van der Waals surface area contributed by atoms with Gasteiger partial charge in [-0.05, 0) is 73.6 Å². The highest BCUT2D eigenvalue weighted by atomic mass is 32.1. The van der Waals surface area contributed by atoms with Crippen molar-refractivity contribution in [2.24, 2.45) is 0 Å². The van der Waals surface area contributed by atoms with E-state index in [1.807, 2.05) is 37.3 Å². The number of benzene rings is 2. The predicted octanol–water partition coefficient (Wildman–Crippen LogP) is 3.93. The van der Waals surface area contributed by atoms with Crippen molar-refractivity contribution >= 4 is 23.0 Å². The van der Waals surface area contributed by atoms with Gasteiger partial charge >= 0.3 is 0 Å². The molecule has 0 spiro atoms. The number of nitrogens with one attached hydrogen (secondary N) is 1. The van der Waals surface area contributed by atoms with E-state index in [1.54, 1.807) is 14.2 Å². The van der Waals surface area contributed by atoms with E-state index in [-0.39, 0.29) is 0 Å². The summed E-state index contributed by atoms with van der Waals surface area (Å²) in [6.45, 7) is 9.36. The Morgan fingerprint density at radius 1 is 1.00 bits per heavy atom. The lowest BCUT2D eigenvalue weighted by molar-refractivity contribution is 0.176.